The Balaban J connectivity index is 1.89. The average Bonchev–Trinajstić information content (AvgIpc) is 2.96. The van der Waals surface area contributed by atoms with Crippen LogP contribution < -0.4 is 0 Å². The van der Waals surface area contributed by atoms with Gasteiger partial charge in [0.05, 0.1) is 11.6 Å². The first-order valence-electron chi connectivity index (χ1n) is 7.17. The third kappa shape index (κ3) is 3.13. The number of benzene rings is 2. The summed E-state index contributed by atoms with van der Waals surface area (Å²) < 4.78 is 0.862. The molecule has 3 heteroatoms. The highest BCUT2D eigenvalue weighted by molar-refractivity contribution is 9.10. The van der Waals surface area contributed by atoms with Gasteiger partial charge in [-0.3, -0.25) is 9.79 Å². The number of halogens is 1. The topological polar surface area (TPSA) is 29.4 Å². The summed E-state index contributed by atoms with van der Waals surface area (Å²) in [5.41, 5.74) is 2.70. The summed E-state index contributed by atoms with van der Waals surface area (Å²) in [6.07, 6.45) is 2.84. The van der Waals surface area contributed by atoms with Gasteiger partial charge in [-0.25, -0.2) is 0 Å². The van der Waals surface area contributed by atoms with E-state index in [2.05, 4.69) is 15.9 Å². The third-order valence-corrected chi connectivity index (χ3v) is 4.50. The molecule has 106 valence electrons. The maximum Gasteiger partial charge on any atom is 0.172 e. The van der Waals surface area contributed by atoms with Gasteiger partial charge in [0.15, 0.2) is 5.78 Å². The van der Waals surface area contributed by atoms with E-state index in [1.165, 1.54) is 0 Å². The van der Waals surface area contributed by atoms with E-state index in [1.54, 1.807) is 0 Å². The number of rotatable bonds is 3. The molecule has 0 spiro atoms. The number of carbonyl (C=O) groups is 1. The van der Waals surface area contributed by atoms with Gasteiger partial charge in [0, 0.05) is 15.7 Å². The Kier molecular flexibility index (Phi) is 4.30. The van der Waals surface area contributed by atoms with E-state index in [9.17, 15) is 4.79 Å². The van der Waals surface area contributed by atoms with E-state index < -0.39 is 0 Å². The fourth-order valence-electron chi connectivity index (χ4n) is 2.76. The normalized spacial score (nSPS) is 19.9. The van der Waals surface area contributed by atoms with Crippen LogP contribution in [0.5, 0.6) is 0 Å². The summed E-state index contributed by atoms with van der Waals surface area (Å²) in [5.74, 6) is 0.0959. The molecule has 0 saturated heterocycles. The Morgan fingerprint density at radius 1 is 1.05 bits per heavy atom. The van der Waals surface area contributed by atoms with E-state index in [-0.39, 0.29) is 11.7 Å². The van der Waals surface area contributed by atoms with Gasteiger partial charge in [-0.15, -0.1) is 0 Å². The van der Waals surface area contributed by atoms with Crippen LogP contribution in [0.15, 0.2) is 64.1 Å². The van der Waals surface area contributed by atoms with Gasteiger partial charge in [-0.2, -0.15) is 0 Å². The lowest BCUT2D eigenvalue weighted by Crippen LogP contribution is -2.19. The van der Waals surface area contributed by atoms with Crippen LogP contribution in [0.4, 0.5) is 5.69 Å². The highest BCUT2D eigenvalue weighted by atomic mass is 79.9. The number of aliphatic imine (C=N–C) groups is 1. The summed E-state index contributed by atoms with van der Waals surface area (Å²) >= 11 is 3.47. The molecule has 0 radical (unpaired) electrons. The van der Waals surface area contributed by atoms with Gasteiger partial charge in [0.25, 0.3) is 0 Å². The van der Waals surface area contributed by atoms with Crippen molar-refractivity contribution in [2.24, 2.45) is 10.9 Å². The fraction of sp³-hybridized carbons (Fsp3) is 0.222. The highest BCUT2D eigenvalue weighted by Crippen LogP contribution is 2.30. The molecule has 0 aromatic heterocycles. The predicted molar refractivity (Wildman–Crippen MR) is 89.4 cm³/mol. The molecule has 1 fully saturated rings. The Morgan fingerprint density at radius 2 is 1.76 bits per heavy atom. The van der Waals surface area contributed by atoms with Gasteiger partial charge in [-0.1, -0.05) is 52.3 Å². The van der Waals surface area contributed by atoms with Crippen molar-refractivity contribution in [3.63, 3.8) is 0 Å². The van der Waals surface area contributed by atoms with Crippen LogP contribution >= 0.6 is 15.9 Å². The van der Waals surface area contributed by atoms with Crippen LogP contribution in [0.1, 0.15) is 29.6 Å². The summed E-state index contributed by atoms with van der Waals surface area (Å²) in [6.45, 7) is 0. The minimum atomic E-state index is -0.0797. The summed E-state index contributed by atoms with van der Waals surface area (Å²) in [5, 5.41) is 0. The van der Waals surface area contributed by atoms with E-state index >= 15 is 0 Å². The Morgan fingerprint density at radius 3 is 2.52 bits per heavy atom. The predicted octanol–water partition coefficient (Wildman–Crippen LogP) is 5.20. The molecule has 1 aliphatic carbocycles. The molecule has 21 heavy (non-hydrogen) atoms. The zero-order chi connectivity index (χ0) is 14.7. The van der Waals surface area contributed by atoms with E-state index in [0.717, 1.165) is 40.7 Å². The smallest absolute Gasteiger partial charge is 0.172 e. The zero-order valence-corrected chi connectivity index (χ0v) is 13.2. The molecule has 0 heterocycles. The van der Waals surface area contributed by atoms with Crippen molar-refractivity contribution in [1.82, 2.24) is 0 Å². The van der Waals surface area contributed by atoms with Crippen molar-refractivity contribution in [2.75, 3.05) is 0 Å². The second-order valence-corrected chi connectivity index (χ2v) is 6.08. The van der Waals surface area contributed by atoms with Crippen molar-refractivity contribution in [1.29, 1.82) is 0 Å². The van der Waals surface area contributed by atoms with E-state index in [0.29, 0.717) is 0 Å². The minimum absolute atomic E-state index is 0.0797. The maximum atomic E-state index is 12.8. The standard InChI is InChI=1S/C18H16BrNO/c19-16-11-5-4-9-14(16)18(21)15-10-6-12-17(15)20-13-7-2-1-3-8-13/h1-5,7-9,11,15H,6,10,12H2. The van der Waals surface area contributed by atoms with Crippen molar-refractivity contribution in [3.05, 3.63) is 64.6 Å². The first-order valence-corrected chi connectivity index (χ1v) is 7.96. The Bertz CT molecular complexity index is 679. The quantitative estimate of drug-likeness (QED) is 0.705. The lowest BCUT2D eigenvalue weighted by atomic mass is 9.95. The zero-order valence-electron chi connectivity index (χ0n) is 11.6. The van der Waals surface area contributed by atoms with E-state index in [1.807, 2.05) is 54.6 Å². The number of Topliss-reactive ketones (excluding diaryl/α,β-unsaturated/α-hetero) is 1. The monoisotopic (exact) mass is 341 g/mol. The van der Waals surface area contributed by atoms with Crippen LogP contribution in [-0.2, 0) is 0 Å². The number of nitrogens with zero attached hydrogens (tertiary/aromatic N) is 1. The van der Waals surface area contributed by atoms with Crippen LogP contribution in [-0.4, -0.2) is 11.5 Å². The lowest BCUT2D eigenvalue weighted by molar-refractivity contribution is 0.0953. The Labute approximate surface area is 133 Å². The van der Waals surface area contributed by atoms with Crippen molar-refractivity contribution < 1.29 is 4.79 Å². The van der Waals surface area contributed by atoms with Crippen molar-refractivity contribution in [3.8, 4) is 0 Å². The molecule has 3 rings (SSSR count). The molecule has 2 aromatic carbocycles. The van der Waals surface area contributed by atoms with Gasteiger partial charge in [-0.05, 0) is 37.5 Å². The average molecular weight is 342 g/mol. The molecule has 1 saturated carbocycles. The second-order valence-electron chi connectivity index (χ2n) is 5.23. The summed E-state index contributed by atoms with van der Waals surface area (Å²) in [6, 6.07) is 17.5. The van der Waals surface area contributed by atoms with Crippen molar-refractivity contribution >= 4 is 33.1 Å². The Hall–Kier alpha value is -1.74. The fourth-order valence-corrected chi connectivity index (χ4v) is 3.24. The molecule has 0 N–H and O–H groups in total. The number of ketones is 1. The van der Waals surface area contributed by atoms with E-state index in [4.69, 9.17) is 4.99 Å². The van der Waals surface area contributed by atoms with Crippen LogP contribution in [0.25, 0.3) is 0 Å². The molecular weight excluding hydrogens is 326 g/mol. The number of carbonyl (C=O) groups excluding carboxylic acids is 1. The molecule has 1 atom stereocenters. The molecule has 1 unspecified atom stereocenters. The largest absolute Gasteiger partial charge is 0.293 e. The molecule has 0 amide bonds. The van der Waals surface area contributed by atoms with Gasteiger partial charge < -0.3 is 0 Å². The van der Waals surface area contributed by atoms with Gasteiger partial charge >= 0.3 is 0 Å². The molecule has 2 aromatic rings. The molecule has 0 bridgehead atoms. The second kappa shape index (κ2) is 6.35. The number of para-hydroxylation sites is 1. The first kappa shape index (κ1) is 14.2. The third-order valence-electron chi connectivity index (χ3n) is 3.81. The van der Waals surface area contributed by atoms with Gasteiger partial charge in [0.2, 0.25) is 0 Å². The minimum Gasteiger partial charge on any atom is -0.293 e. The molecule has 2 nitrogen and oxygen atoms in total. The number of hydrogen-bond acceptors (Lipinski definition) is 2. The van der Waals surface area contributed by atoms with Gasteiger partial charge in [0.1, 0.15) is 0 Å². The van der Waals surface area contributed by atoms with Crippen molar-refractivity contribution in [2.45, 2.75) is 19.3 Å². The highest BCUT2D eigenvalue weighted by Gasteiger charge is 2.30. The SMILES string of the molecule is O=C(c1ccccc1Br)C1CCCC1=Nc1ccccc1. The maximum absolute atomic E-state index is 12.8. The van der Waals surface area contributed by atoms with Crippen LogP contribution in [0.3, 0.4) is 0 Å². The summed E-state index contributed by atoms with van der Waals surface area (Å²) in [7, 11) is 0. The molecular formula is C18H16BrNO. The van der Waals surface area contributed by atoms with Crippen LogP contribution in [0.2, 0.25) is 0 Å². The summed E-state index contributed by atoms with van der Waals surface area (Å²) in [4.78, 5) is 17.5. The molecule has 1 aliphatic rings. The number of hydrogen-bond donors (Lipinski definition) is 0. The first-order chi connectivity index (χ1) is 10.3. The van der Waals surface area contributed by atoms with Crippen LogP contribution in [0, 0.1) is 5.92 Å². The molecule has 0 aliphatic heterocycles. The lowest BCUT2D eigenvalue weighted by Gasteiger charge is -2.11.